The summed E-state index contributed by atoms with van der Waals surface area (Å²) in [6.07, 6.45) is -1.28. The van der Waals surface area contributed by atoms with Gasteiger partial charge in [-0.2, -0.15) is 22.7 Å². The average molecular weight is 465 g/mol. The molecule has 0 spiro atoms. The largest absolute Gasteiger partial charge is 0.417 e. The molecule has 0 saturated carbocycles. The third kappa shape index (κ3) is 4.40. The van der Waals surface area contributed by atoms with Crippen molar-refractivity contribution in [3.63, 3.8) is 0 Å². The number of benzene rings is 2. The Morgan fingerprint density at radius 3 is 2.56 bits per heavy atom. The number of aryl methyl sites for hydroxylation is 1. The van der Waals surface area contributed by atoms with Crippen molar-refractivity contribution in [2.45, 2.75) is 19.6 Å². The molecule has 0 atom stereocenters. The van der Waals surface area contributed by atoms with Crippen LogP contribution in [0.1, 0.15) is 17.0 Å². The summed E-state index contributed by atoms with van der Waals surface area (Å²) in [5.41, 5.74) is 1.52. The van der Waals surface area contributed by atoms with Crippen LogP contribution in [0, 0.1) is 6.92 Å². The molecule has 34 heavy (non-hydrogen) atoms. The van der Waals surface area contributed by atoms with Gasteiger partial charge >= 0.3 is 6.18 Å². The molecular weight excluding hydrogens is 447 g/mol. The number of alkyl halides is 3. The summed E-state index contributed by atoms with van der Waals surface area (Å²) in [4.78, 5) is 12.6. The maximum absolute atomic E-state index is 13.2. The summed E-state index contributed by atoms with van der Waals surface area (Å²) in [5.74, 6) is 1.89. The number of fused-ring (bicyclic) bond motifs is 1. The molecule has 5 aromatic rings. The van der Waals surface area contributed by atoms with Crippen molar-refractivity contribution in [2.24, 2.45) is 0 Å². The highest BCUT2D eigenvalue weighted by atomic mass is 19.4. The topological polar surface area (TPSA) is 93.2 Å². The Bertz CT molecular complexity index is 1440. The first-order chi connectivity index (χ1) is 16.4. The maximum atomic E-state index is 13.2. The molecule has 0 bridgehead atoms. The number of nitrogens with zero attached hydrogens (tertiary/aromatic N) is 5. The standard InChI is InChI=1S/C23H18F3N7O/c1-14-28-13-20-33(14)32-21(34-20)15-6-8-17(9-7-15)30-22-27-11-10-19(31-22)29-12-16-4-2-3-5-18(16)23(24,25)26/h2-11,13H,12H2,1H3,(H2,27,29,30,31). The molecule has 0 unspecified atom stereocenters. The molecule has 0 fully saturated rings. The minimum Gasteiger partial charge on any atom is -0.417 e. The van der Waals surface area contributed by atoms with Crippen LogP contribution >= 0.6 is 0 Å². The van der Waals surface area contributed by atoms with Gasteiger partial charge in [0.05, 0.1) is 11.8 Å². The van der Waals surface area contributed by atoms with Gasteiger partial charge < -0.3 is 15.1 Å². The van der Waals surface area contributed by atoms with Crippen molar-refractivity contribution in [2.75, 3.05) is 10.6 Å². The van der Waals surface area contributed by atoms with Crippen LogP contribution in [0.25, 0.3) is 17.2 Å². The second-order valence-electron chi connectivity index (χ2n) is 7.44. The highest BCUT2D eigenvalue weighted by molar-refractivity contribution is 5.62. The van der Waals surface area contributed by atoms with Gasteiger partial charge in [-0.15, -0.1) is 5.10 Å². The van der Waals surface area contributed by atoms with E-state index in [2.05, 4.69) is 30.7 Å². The lowest BCUT2D eigenvalue weighted by Gasteiger charge is -2.14. The molecule has 3 heterocycles. The van der Waals surface area contributed by atoms with Crippen molar-refractivity contribution in [3.8, 4) is 11.5 Å². The first-order valence-corrected chi connectivity index (χ1v) is 10.3. The highest BCUT2D eigenvalue weighted by Gasteiger charge is 2.32. The summed E-state index contributed by atoms with van der Waals surface area (Å²) < 4.78 is 46.9. The van der Waals surface area contributed by atoms with Crippen LogP contribution in [-0.2, 0) is 12.7 Å². The zero-order chi connectivity index (χ0) is 23.7. The smallest absolute Gasteiger partial charge is 0.416 e. The molecule has 0 aliphatic carbocycles. The Morgan fingerprint density at radius 1 is 1.00 bits per heavy atom. The van der Waals surface area contributed by atoms with Crippen LogP contribution in [0.2, 0.25) is 0 Å². The van der Waals surface area contributed by atoms with Gasteiger partial charge in [-0.3, -0.25) is 0 Å². The van der Waals surface area contributed by atoms with E-state index in [1.54, 1.807) is 22.8 Å². The van der Waals surface area contributed by atoms with Crippen LogP contribution < -0.4 is 10.6 Å². The number of aromatic nitrogens is 5. The molecule has 2 aromatic carbocycles. The number of anilines is 3. The van der Waals surface area contributed by atoms with E-state index >= 15 is 0 Å². The van der Waals surface area contributed by atoms with E-state index < -0.39 is 11.7 Å². The summed E-state index contributed by atoms with van der Waals surface area (Å²) in [7, 11) is 0. The van der Waals surface area contributed by atoms with Gasteiger partial charge in [0.15, 0.2) is 0 Å². The fourth-order valence-electron chi connectivity index (χ4n) is 3.42. The van der Waals surface area contributed by atoms with Crippen molar-refractivity contribution in [3.05, 3.63) is 83.9 Å². The molecule has 0 amide bonds. The van der Waals surface area contributed by atoms with Gasteiger partial charge in [-0.05, 0) is 48.9 Å². The molecule has 172 valence electrons. The lowest BCUT2D eigenvalue weighted by molar-refractivity contribution is -0.138. The third-order valence-electron chi connectivity index (χ3n) is 5.10. The van der Waals surface area contributed by atoms with Gasteiger partial charge in [-0.25, -0.2) is 9.97 Å². The number of hydrogen-bond acceptors (Lipinski definition) is 7. The van der Waals surface area contributed by atoms with Gasteiger partial charge in [0, 0.05) is 24.0 Å². The zero-order valence-electron chi connectivity index (χ0n) is 17.8. The average Bonchev–Trinajstić information content (AvgIpc) is 3.40. The minimum atomic E-state index is -4.42. The van der Waals surface area contributed by atoms with Gasteiger partial charge in [0.1, 0.15) is 11.6 Å². The monoisotopic (exact) mass is 465 g/mol. The molecule has 2 N–H and O–H groups in total. The number of imidazole rings is 1. The second kappa shape index (κ2) is 8.50. The van der Waals surface area contributed by atoms with Crippen LogP contribution in [0.3, 0.4) is 0 Å². The Labute approximate surface area is 191 Å². The van der Waals surface area contributed by atoms with E-state index in [9.17, 15) is 13.2 Å². The fraction of sp³-hybridized carbons (Fsp3) is 0.130. The van der Waals surface area contributed by atoms with Crippen molar-refractivity contribution < 1.29 is 17.6 Å². The van der Waals surface area contributed by atoms with E-state index in [1.165, 1.54) is 18.3 Å². The Balaban J connectivity index is 1.27. The number of nitrogens with one attached hydrogen (secondary N) is 2. The molecule has 0 radical (unpaired) electrons. The zero-order valence-corrected chi connectivity index (χ0v) is 17.8. The Hall–Kier alpha value is -4.41. The quantitative estimate of drug-likeness (QED) is 0.344. The minimum absolute atomic E-state index is 0.0272. The Kier molecular flexibility index (Phi) is 5.36. The molecule has 3 aromatic heterocycles. The SMILES string of the molecule is Cc1ncc2oc(-c3ccc(Nc4nccc(NCc5ccccc5C(F)(F)F)n4)cc3)nn12. The number of halogens is 3. The van der Waals surface area contributed by atoms with Gasteiger partial charge in [0.2, 0.25) is 17.6 Å². The fourth-order valence-corrected chi connectivity index (χ4v) is 3.42. The van der Waals surface area contributed by atoms with Crippen molar-refractivity contribution in [1.82, 2.24) is 24.6 Å². The molecule has 0 aliphatic rings. The molecule has 8 nitrogen and oxygen atoms in total. The van der Waals surface area contributed by atoms with Crippen LogP contribution in [0.5, 0.6) is 0 Å². The lowest BCUT2D eigenvalue weighted by atomic mass is 10.1. The first kappa shape index (κ1) is 21.4. The summed E-state index contributed by atoms with van der Waals surface area (Å²) in [6.45, 7) is 1.81. The third-order valence-corrected chi connectivity index (χ3v) is 5.10. The van der Waals surface area contributed by atoms with Crippen molar-refractivity contribution in [1.29, 1.82) is 0 Å². The second-order valence-corrected chi connectivity index (χ2v) is 7.44. The summed E-state index contributed by atoms with van der Waals surface area (Å²) >= 11 is 0. The predicted octanol–water partition coefficient (Wildman–Crippen LogP) is 5.46. The van der Waals surface area contributed by atoms with E-state index in [0.29, 0.717) is 23.4 Å². The molecule has 11 heteroatoms. The molecule has 5 rings (SSSR count). The van der Waals surface area contributed by atoms with E-state index in [4.69, 9.17) is 4.42 Å². The summed E-state index contributed by atoms with van der Waals surface area (Å²) in [6, 6.07) is 14.3. The van der Waals surface area contributed by atoms with E-state index in [0.717, 1.165) is 23.1 Å². The summed E-state index contributed by atoms with van der Waals surface area (Å²) in [5, 5.41) is 10.4. The maximum Gasteiger partial charge on any atom is 0.416 e. The van der Waals surface area contributed by atoms with Gasteiger partial charge in [-0.1, -0.05) is 18.2 Å². The first-order valence-electron chi connectivity index (χ1n) is 10.3. The van der Waals surface area contributed by atoms with Crippen molar-refractivity contribution >= 4 is 23.2 Å². The lowest BCUT2D eigenvalue weighted by Crippen LogP contribution is -2.12. The highest BCUT2D eigenvalue weighted by Crippen LogP contribution is 2.32. The Morgan fingerprint density at radius 2 is 1.79 bits per heavy atom. The molecule has 0 aliphatic heterocycles. The van der Waals surface area contributed by atoms with E-state index in [1.807, 2.05) is 31.2 Å². The number of rotatable bonds is 6. The predicted molar refractivity (Wildman–Crippen MR) is 120 cm³/mol. The van der Waals surface area contributed by atoms with Crippen LogP contribution in [0.4, 0.5) is 30.6 Å². The van der Waals surface area contributed by atoms with Crippen LogP contribution in [0.15, 0.2) is 71.4 Å². The number of hydrogen-bond donors (Lipinski definition) is 2. The van der Waals surface area contributed by atoms with Gasteiger partial charge in [0.25, 0.3) is 0 Å². The molecular formula is C23H18F3N7O. The van der Waals surface area contributed by atoms with Crippen LogP contribution in [-0.4, -0.2) is 24.6 Å². The molecule has 0 saturated heterocycles. The van der Waals surface area contributed by atoms with E-state index in [-0.39, 0.29) is 12.1 Å². The normalized spacial score (nSPS) is 11.6.